The van der Waals surface area contributed by atoms with Gasteiger partial charge in [-0.1, -0.05) is 12.1 Å². The third kappa shape index (κ3) is 2.46. The standard InChI is InChI=1S/C16H2Br8/c17-9-3-1-2-4-6-5(3)7(13(21)15(9)23)11(19)12(20)8(6)14(22)16(24)10(4)18/h1-2H. The van der Waals surface area contributed by atoms with Crippen LogP contribution < -0.4 is 0 Å². The van der Waals surface area contributed by atoms with Crippen LogP contribution in [0.5, 0.6) is 0 Å². The number of benzene rings is 4. The van der Waals surface area contributed by atoms with Crippen molar-refractivity contribution < 1.29 is 0 Å². The van der Waals surface area contributed by atoms with Gasteiger partial charge in [0.1, 0.15) is 0 Å². The normalized spacial score (nSPS) is 12.2. The highest BCUT2D eigenvalue weighted by Crippen LogP contribution is 2.54. The van der Waals surface area contributed by atoms with Crippen LogP contribution >= 0.6 is 127 Å². The smallest absolute Gasteiger partial charge is 0.0472 e. The van der Waals surface area contributed by atoms with Crippen LogP contribution in [0.15, 0.2) is 47.9 Å². The van der Waals surface area contributed by atoms with Crippen LogP contribution in [0.3, 0.4) is 0 Å². The molecule has 0 atom stereocenters. The van der Waals surface area contributed by atoms with Crippen LogP contribution in [-0.2, 0) is 0 Å². The molecule has 0 spiro atoms. The summed E-state index contributed by atoms with van der Waals surface area (Å²) in [5.41, 5.74) is 0. The second-order valence-electron chi connectivity index (χ2n) is 5.17. The highest BCUT2D eigenvalue weighted by Gasteiger charge is 2.25. The first kappa shape index (κ1) is 19.1. The van der Waals surface area contributed by atoms with Crippen molar-refractivity contribution in [2.45, 2.75) is 0 Å². The third-order valence-corrected chi connectivity index (χ3v) is 13.1. The van der Waals surface area contributed by atoms with Crippen molar-refractivity contribution in [2.75, 3.05) is 0 Å². The lowest BCUT2D eigenvalue weighted by Crippen LogP contribution is -1.93. The van der Waals surface area contributed by atoms with E-state index in [9.17, 15) is 0 Å². The van der Waals surface area contributed by atoms with Crippen LogP contribution in [0.4, 0.5) is 0 Å². The first-order chi connectivity index (χ1) is 11.3. The van der Waals surface area contributed by atoms with Crippen molar-refractivity contribution in [3.8, 4) is 0 Å². The molecule has 0 aromatic heterocycles. The molecule has 0 aliphatic rings. The molecule has 0 saturated heterocycles. The summed E-state index contributed by atoms with van der Waals surface area (Å²) in [7, 11) is 0. The van der Waals surface area contributed by atoms with E-state index in [4.69, 9.17) is 0 Å². The summed E-state index contributed by atoms with van der Waals surface area (Å²) in [6, 6.07) is 4.30. The van der Waals surface area contributed by atoms with Gasteiger partial charge in [-0.15, -0.1) is 0 Å². The fraction of sp³-hybridized carbons (Fsp3) is 0. The highest BCUT2D eigenvalue weighted by molar-refractivity contribution is 9.15. The SMILES string of the molecule is Brc1c(Br)c2ccc3c(Br)c(Br)c(Br)c4c(Br)c(Br)c(c1Br)c2c34. The fourth-order valence-electron chi connectivity index (χ4n) is 2.99. The van der Waals surface area contributed by atoms with Crippen LogP contribution in [0, 0.1) is 0 Å². The number of hydrogen-bond donors (Lipinski definition) is 0. The minimum absolute atomic E-state index is 1.00. The predicted octanol–water partition coefficient (Wildman–Crippen LogP) is 10.7. The minimum atomic E-state index is 1.00. The Balaban J connectivity index is 2.55. The molecule has 0 nitrogen and oxygen atoms in total. The predicted molar refractivity (Wildman–Crippen MR) is 132 cm³/mol. The summed E-state index contributed by atoms with van der Waals surface area (Å²) in [5, 5.41) is 6.98. The van der Waals surface area contributed by atoms with E-state index in [1.165, 1.54) is 10.8 Å². The molecule has 0 saturated carbocycles. The Kier molecular flexibility index (Phi) is 5.31. The molecule has 8 heteroatoms. The maximum atomic E-state index is 3.79. The largest absolute Gasteiger partial charge is 0.0525 e. The van der Waals surface area contributed by atoms with Crippen molar-refractivity contribution in [1.82, 2.24) is 0 Å². The quantitative estimate of drug-likeness (QED) is 0.122. The van der Waals surface area contributed by atoms with Gasteiger partial charge in [-0.25, -0.2) is 0 Å². The van der Waals surface area contributed by atoms with Gasteiger partial charge in [0.25, 0.3) is 0 Å². The van der Waals surface area contributed by atoms with Gasteiger partial charge >= 0.3 is 0 Å². The first-order valence-corrected chi connectivity index (χ1v) is 12.8. The van der Waals surface area contributed by atoms with Crippen molar-refractivity contribution in [3.63, 3.8) is 0 Å². The Bertz CT molecular complexity index is 1090. The zero-order valence-corrected chi connectivity index (χ0v) is 23.9. The van der Waals surface area contributed by atoms with Gasteiger partial charge in [-0.2, -0.15) is 0 Å². The molecule has 24 heavy (non-hydrogen) atoms. The van der Waals surface area contributed by atoms with E-state index >= 15 is 0 Å². The molecule has 0 N–H and O–H groups in total. The fourth-order valence-corrected chi connectivity index (χ4v) is 8.31. The van der Waals surface area contributed by atoms with Crippen molar-refractivity contribution >= 4 is 160 Å². The third-order valence-electron chi connectivity index (χ3n) is 4.02. The van der Waals surface area contributed by atoms with Crippen LogP contribution in [0.25, 0.3) is 32.3 Å². The molecule has 0 unspecified atom stereocenters. The summed E-state index contributed by atoms with van der Waals surface area (Å²) >= 11 is 29.9. The molecule has 4 aromatic rings. The molecule has 122 valence electrons. The summed E-state index contributed by atoms with van der Waals surface area (Å²) < 4.78 is 8.13. The van der Waals surface area contributed by atoms with E-state index in [1.807, 2.05) is 0 Å². The van der Waals surface area contributed by atoms with E-state index in [2.05, 4.69) is 140 Å². The first-order valence-electron chi connectivity index (χ1n) is 6.42. The van der Waals surface area contributed by atoms with E-state index in [1.54, 1.807) is 0 Å². The molecule has 0 heterocycles. The summed E-state index contributed by atoms with van der Waals surface area (Å²) in [4.78, 5) is 0. The average Bonchev–Trinajstić information content (AvgIpc) is 2.56. The summed E-state index contributed by atoms with van der Waals surface area (Å²) in [6.45, 7) is 0. The van der Waals surface area contributed by atoms with Gasteiger partial charge in [0.05, 0.1) is 0 Å². The van der Waals surface area contributed by atoms with Gasteiger partial charge in [-0.3, -0.25) is 0 Å². The van der Waals surface area contributed by atoms with E-state index in [0.29, 0.717) is 0 Å². The van der Waals surface area contributed by atoms with Gasteiger partial charge in [0.2, 0.25) is 0 Å². The van der Waals surface area contributed by atoms with Gasteiger partial charge in [-0.05, 0) is 138 Å². The lowest BCUT2D eigenvalue weighted by molar-refractivity contribution is 1.58. The summed E-state index contributed by atoms with van der Waals surface area (Å²) in [6.07, 6.45) is 0. The number of hydrogen-bond acceptors (Lipinski definition) is 0. The molecule has 0 fully saturated rings. The zero-order valence-electron chi connectivity index (χ0n) is 11.2. The Hall–Kier alpha value is 1.76. The second-order valence-corrected chi connectivity index (χ2v) is 11.5. The molecule has 0 aliphatic heterocycles. The molecule has 0 aliphatic carbocycles. The van der Waals surface area contributed by atoms with E-state index in [-0.39, 0.29) is 0 Å². The Morgan fingerprint density at radius 2 is 0.625 bits per heavy atom. The number of rotatable bonds is 0. The monoisotopic (exact) mass is 825 g/mol. The lowest BCUT2D eigenvalue weighted by Gasteiger charge is -2.20. The van der Waals surface area contributed by atoms with Gasteiger partial charge in [0, 0.05) is 57.3 Å². The van der Waals surface area contributed by atoms with Crippen molar-refractivity contribution in [2.24, 2.45) is 0 Å². The molecule has 4 rings (SSSR count). The summed E-state index contributed by atoms with van der Waals surface area (Å²) in [5.74, 6) is 0. The maximum absolute atomic E-state index is 3.79. The lowest BCUT2D eigenvalue weighted by atomic mass is 9.94. The maximum Gasteiger partial charge on any atom is 0.0472 e. The Morgan fingerprint density at radius 3 is 0.958 bits per heavy atom. The molecular formula is C16H2Br8. The molecule has 0 amide bonds. The van der Waals surface area contributed by atoms with Gasteiger partial charge < -0.3 is 0 Å². The van der Waals surface area contributed by atoms with E-state index < -0.39 is 0 Å². The van der Waals surface area contributed by atoms with E-state index in [0.717, 1.165) is 57.3 Å². The van der Waals surface area contributed by atoms with Gasteiger partial charge in [0.15, 0.2) is 0 Å². The minimum Gasteiger partial charge on any atom is -0.0525 e. The van der Waals surface area contributed by atoms with Crippen LogP contribution in [0.2, 0.25) is 0 Å². The van der Waals surface area contributed by atoms with Crippen molar-refractivity contribution in [1.29, 1.82) is 0 Å². The number of halogens is 8. The van der Waals surface area contributed by atoms with Crippen molar-refractivity contribution in [3.05, 3.63) is 47.9 Å². The Morgan fingerprint density at radius 1 is 0.333 bits per heavy atom. The second kappa shape index (κ2) is 6.68. The van der Waals surface area contributed by atoms with Crippen LogP contribution in [0.1, 0.15) is 0 Å². The Labute approximate surface area is 204 Å². The zero-order chi connectivity index (χ0) is 17.5. The molecular weight excluding hydrogens is 831 g/mol. The van der Waals surface area contributed by atoms with Crippen LogP contribution in [-0.4, -0.2) is 0 Å². The highest BCUT2D eigenvalue weighted by atomic mass is 79.9. The molecule has 4 aromatic carbocycles. The molecule has 0 bridgehead atoms. The average molecular weight is 833 g/mol. The topological polar surface area (TPSA) is 0 Å². The molecule has 0 radical (unpaired) electrons.